The molecule has 0 radical (unpaired) electrons. The summed E-state index contributed by atoms with van der Waals surface area (Å²) in [6.45, 7) is 0. The van der Waals surface area contributed by atoms with E-state index >= 15 is 0 Å². The van der Waals surface area contributed by atoms with Crippen LogP contribution in [0.4, 0.5) is 34.1 Å². The van der Waals surface area contributed by atoms with Gasteiger partial charge in [0, 0.05) is 0 Å². The third-order valence-corrected chi connectivity index (χ3v) is 10.0. The van der Waals surface area contributed by atoms with Crippen LogP contribution in [0.5, 0.6) is 0 Å². The zero-order valence-corrected chi connectivity index (χ0v) is 35.7. The summed E-state index contributed by atoms with van der Waals surface area (Å²) in [6.07, 6.45) is 0. The third kappa shape index (κ3) is 12.6. The van der Waals surface area contributed by atoms with E-state index in [0.717, 1.165) is 0 Å². The van der Waals surface area contributed by atoms with Gasteiger partial charge in [-0.25, -0.2) is 0 Å². The predicted octanol–water partition coefficient (Wildman–Crippen LogP) is 20.1. The lowest BCUT2D eigenvalue weighted by atomic mass is 10.3. The molecule has 276 valence electrons. The van der Waals surface area contributed by atoms with Crippen LogP contribution in [-0.4, -0.2) is 0 Å². The van der Waals surface area contributed by atoms with E-state index in [2.05, 4.69) is 30.7 Å². The lowest BCUT2D eigenvalue weighted by Crippen LogP contribution is -1.72. The molecule has 0 spiro atoms. The van der Waals surface area contributed by atoms with Crippen molar-refractivity contribution in [2.75, 3.05) is 0 Å². The molecular weight excluding hydrogens is 942 g/mol. The average molecular weight is 960 g/mol. The van der Waals surface area contributed by atoms with E-state index in [9.17, 15) is 0 Å². The molecule has 0 amide bonds. The molecule has 0 heterocycles. The molecule has 6 aromatic carbocycles. The topological polar surface area (TPSA) is 74.2 Å². The largest absolute Gasteiger partial charge is 0.147 e. The molecule has 0 unspecified atom stereocenters. The molecular formula is C36H18Cl12N6. The van der Waals surface area contributed by atoms with E-state index in [1.54, 1.807) is 109 Å². The standard InChI is InChI=1S/3C12H6Cl4N2/c3*13-7-3-1-4-8(14)11(7)17-18-12-9(15)5-2-6-10(12)16/h3*1-6H. The van der Waals surface area contributed by atoms with Crippen LogP contribution in [0.3, 0.4) is 0 Å². The Morgan fingerprint density at radius 1 is 0.185 bits per heavy atom. The number of azo groups is 3. The van der Waals surface area contributed by atoms with Crippen molar-refractivity contribution >= 4 is 173 Å². The molecule has 0 N–H and O–H groups in total. The van der Waals surface area contributed by atoms with E-state index in [1.165, 1.54) is 0 Å². The van der Waals surface area contributed by atoms with Gasteiger partial charge in [-0.05, 0) is 72.8 Å². The van der Waals surface area contributed by atoms with Gasteiger partial charge in [-0.1, -0.05) is 176 Å². The number of hydrogen-bond donors (Lipinski definition) is 0. The van der Waals surface area contributed by atoms with E-state index in [0.29, 0.717) is 94.4 Å². The Bertz CT molecular complexity index is 1810. The summed E-state index contributed by atoms with van der Waals surface area (Å²) in [5.41, 5.74) is 2.32. The Morgan fingerprint density at radius 3 is 0.370 bits per heavy atom. The smallest absolute Gasteiger partial charge is 0.123 e. The Morgan fingerprint density at radius 2 is 0.278 bits per heavy atom. The van der Waals surface area contributed by atoms with Crippen molar-refractivity contribution in [3.63, 3.8) is 0 Å². The highest BCUT2D eigenvalue weighted by Gasteiger charge is 2.10. The van der Waals surface area contributed by atoms with Crippen molar-refractivity contribution in [1.82, 2.24) is 0 Å². The van der Waals surface area contributed by atoms with Gasteiger partial charge in [-0.2, -0.15) is 0 Å². The minimum absolute atomic E-state index is 0.386. The van der Waals surface area contributed by atoms with Crippen LogP contribution in [-0.2, 0) is 0 Å². The second kappa shape index (κ2) is 21.8. The van der Waals surface area contributed by atoms with Crippen LogP contribution in [0, 0.1) is 0 Å². The summed E-state index contributed by atoms with van der Waals surface area (Å²) in [7, 11) is 0. The third-order valence-electron chi connectivity index (χ3n) is 6.38. The maximum Gasteiger partial charge on any atom is 0.123 e. The van der Waals surface area contributed by atoms with Crippen LogP contribution in [0.15, 0.2) is 140 Å². The number of hydrogen-bond acceptors (Lipinski definition) is 6. The predicted molar refractivity (Wildman–Crippen MR) is 231 cm³/mol. The fraction of sp³-hybridized carbons (Fsp3) is 0. The second-order valence-corrected chi connectivity index (χ2v) is 14.9. The van der Waals surface area contributed by atoms with Crippen molar-refractivity contribution in [2.45, 2.75) is 0 Å². The Kier molecular flexibility index (Phi) is 17.9. The van der Waals surface area contributed by atoms with Gasteiger partial charge in [0.25, 0.3) is 0 Å². The molecule has 54 heavy (non-hydrogen) atoms. The van der Waals surface area contributed by atoms with Crippen LogP contribution in [0.2, 0.25) is 60.3 Å². The van der Waals surface area contributed by atoms with Crippen LogP contribution in [0.25, 0.3) is 0 Å². The summed E-state index contributed by atoms with van der Waals surface area (Å²) in [5, 5.41) is 28.9. The molecule has 6 nitrogen and oxygen atoms in total. The molecule has 0 aliphatic heterocycles. The lowest BCUT2D eigenvalue weighted by Gasteiger charge is -2.01. The molecule has 0 aliphatic carbocycles. The first-order chi connectivity index (χ1) is 25.8. The second-order valence-electron chi connectivity index (χ2n) is 10.0. The molecule has 0 fully saturated rings. The highest BCUT2D eigenvalue weighted by molar-refractivity contribution is 6.41. The maximum absolute atomic E-state index is 5.97. The Hall–Kier alpha value is -2.40. The average Bonchev–Trinajstić information content (AvgIpc) is 3.11. The summed E-state index contributed by atoms with van der Waals surface area (Å²) in [6, 6.07) is 30.5. The van der Waals surface area contributed by atoms with Crippen molar-refractivity contribution < 1.29 is 0 Å². The van der Waals surface area contributed by atoms with Gasteiger partial charge >= 0.3 is 0 Å². The zero-order valence-electron chi connectivity index (χ0n) is 26.6. The van der Waals surface area contributed by atoms with Gasteiger partial charge in [0.2, 0.25) is 0 Å². The molecule has 6 rings (SSSR count). The highest BCUT2D eigenvalue weighted by Crippen LogP contribution is 2.40. The van der Waals surface area contributed by atoms with Gasteiger partial charge in [0.05, 0.1) is 60.3 Å². The lowest BCUT2D eigenvalue weighted by molar-refractivity contribution is 1.23. The van der Waals surface area contributed by atoms with E-state index in [4.69, 9.17) is 139 Å². The molecule has 0 aliphatic rings. The van der Waals surface area contributed by atoms with Crippen molar-refractivity contribution in [2.24, 2.45) is 30.7 Å². The van der Waals surface area contributed by atoms with E-state index in [-0.39, 0.29) is 0 Å². The van der Waals surface area contributed by atoms with Crippen LogP contribution in [0.1, 0.15) is 0 Å². The normalized spacial score (nSPS) is 11.1. The number of nitrogens with zero attached hydrogens (tertiary/aromatic N) is 6. The van der Waals surface area contributed by atoms with Crippen LogP contribution < -0.4 is 0 Å². The molecule has 6 aromatic rings. The SMILES string of the molecule is Clc1cccc(Cl)c1N=Nc1c(Cl)cccc1Cl.Clc1cccc(Cl)c1N=Nc1c(Cl)cccc1Cl.Clc1cccc(Cl)c1N=Nc1c(Cl)cccc1Cl. The summed E-state index contributed by atoms with van der Waals surface area (Å²) in [4.78, 5) is 0. The Labute approximate surface area is 370 Å². The van der Waals surface area contributed by atoms with Gasteiger partial charge in [-0.15, -0.1) is 30.7 Å². The molecule has 0 saturated carbocycles. The summed E-state index contributed by atoms with van der Waals surface area (Å²) in [5.74, 6) is 0. The molecule has 0 bridgehead atoms. The van der Waals surface area contributed by atoms with Crippen molar-refractivity contribution in [3.8, 4) is 0 Å². The van der Waals surface area contributed by atoms with Gasteiger partial charge in [0.1, 0.15) is 34.1 Å². The van der Waals surface area contributed by atoms with Gasteiger partial charge in [-0.3, -0.25) is 0 Å². The first-order valence-corrected chi connectivity index (χ1v) is 19.2. The minimum atomic E-state index is 0.386. The van der Waals surface area contributed by atoms with Crippen LogP contribution >= 0.6 is 139 Å². The Balaban J connectivity index is 0.000000180. The van der Waals surface area contributed by atoms with E-state index < -0.39 is 0 Å². The number of rotatable bonds is 6. The van der Waals surface area contributed by atoms with Gasteiger partial charge in [0.15, 0.2) is 0 Å². The minimum Gasteiger partial charge on any atom is -0.147 e. The first-order valence-electron chi connectivity index (χ1n) is 14.7. The van der Waals surface area contributed by atoms with Gasteiger partial charge < -0.3 is 0 Å². The molecule has 0 saturated heterocycles. The summed E-state index contributed by atoms with van der Waals surface area (Å²) < 4.78 is 0. The monoisotopic (exact) mass is 954 g/mol. The highest BCUT2D eigenvalue weighted by atomic mass is 35.5. The maximum atomic E-state index is 5.97. The summed E-state index contributed by atoms with van der Waals surface area (Å²) >= 11 is 71.7. The zero-order chi connectivity index (χ0) is 39.4. The molecule has 0 atom stereocenters. The number of halogens is 12. The first kappa shape index (κ1) is 44.3. The van der Waals surface area contributed by atoms with E-state index in [1.807, 2.05) is 0 Å². The number of benzene rings is 6. The van der Waals surface area contributed by atoms with Crippen molar-refractivity contribution in [3.05, 3.63) is 169 Å². The fourth-order valence-electron chi connectivity index (χ4n) is 3.81. The fourth-order valence-corrected chi connectivity index (χ4v) is 6.65. The molecule has 18 heteroatoms. The van der Waals surface area contributed by atoms with Crippen molar-refractivity contribution in [1.29, 1.82) is 0 Å². The quantitative estimate of drug-likeness (QED) is 0.149. The molecule has 0 aromatic heterocycles.